The molecule has 0 heterocycles. The zero-order valence-corrected chi connectivity index (χ0v) is 34.8. The molecule has 0 radical (unpaired) electrons. The predicted molar refractivity (Wildman–Crippen MR) is 224 cm³/mol. The first-order valence-corrected chi connectivity index (χ1v) is 22.5. The second-order valence-corrected chi connectivity index (χ2v) is 15.0. The number of allylic oxidation sites excluding steroid dienone is 6. The van der Waals surface area contributed by atoms with Gasteiger partial charge in [-0.1, -0.05) is 192 Å². The van der Waals surface area contributed by atoms with Gasteiger partial charge in [-0.25, -0.2) is 0 Å². The molecule has 5 heteroatoms. The number of hydrogen-bond donors (Lipinski definition) is 0. The minimum Gasteiger partial charge on any atom is -0.462 e. The fraction of sp³-hybridized carbons (Fsp3) is 0.830. The largest absolute Gasteiger partial charge is 0.462 e. The van der Waals surface area contributed by atoms with Gasteiger partial charge in [0.2, 0.25) is 0 Å². The van der Waals surface area contributed by atoms with Crippen LogP contribution in [0.2, 0.25) is 0 Å². The summed E-state index contributed by atoms with van der Waals surface area (Å²) in [5.41, 5.74) is 0. The molecule has 5 nitrogen and oxygen atoms in total. The maximum atomic E-state index is 12.5. The molecule has 52 heavy (non-hydrogen) atoms. The molecule has 1 unspecified atom stereocenters. The van der Waals surface area contributed by atoms with Crippen molar-refractivity contribution in [2.75, 3.05) is 19.8 Å². The molecule has 0 fully saturated rings. The van der Waals surface area contributed by atoms with Crippen LogP contribution in [0.15, 0.2) is 36.5 Å². The van der Waals surface area contributed by atoms with Gasteiger partial charge in [0, 0.05) is 19.4 Å². The van der Waals surface area contributed by atoms with Gasteiger partial charge in [-0.05, 0) is 57.8 Å². The molecule has 0 spiro atoms. The zero-order valence-electron chi connectivity index (χ0n) is 34.8. The first-order chi connectivity index (χ1) is 25.6. The highest BCUT2D eigenvalue weighted by molar-refractivity contribution is 5.70. The van der Waals surface area contributed by atoms with Crippen LogP contribution in [0.3, 0.4) is 0 Å². The van der Waals surface area contributed by atoms with Crippen molar-refractivity contribution in [3.8, 4) is 0 Å². The van der Waals surface area contributed by atoms with Gasteiger partial charge >= 0.3 is 11.9 Å². The van der Waals surface area contributed by atoms with Crippen molar-refractivity contribution in [1.82, 2.24) is 0 Å². The number of unbranched alkanes of at least 4 members (excludes halogenated alkanes) is 24. The lowest BCUT2D eigenvalue weighted by molar-refractivity contribution is -0.163. The van der Waals surface area contributed by atoms with Crippen molar-refractivity contribution >= 4 is 11.9 Å². The fourth-order valence-corrected chi connectivity index (χ4v) is 6.28. The third-order valence-corrected chi connectivity index (χ3v) is 9.68. The van der Waals surface area contributed by atoms with E-state index >= 15 is 0 Å². The minimum absolute atomic E-state index is 0.0817. The summed E-state index contributed by atoms with van der Waals surface area (Å²) in [7, 11) is 0. The summed E-state index contributed by atoms with van der Waals surface area (Å²) in [6, 6.07) is 0. The Kier molecular flexibility index (Phi) is 42.0. The maximum Gasteiger partial charge on any atom is 0.306 e. The van der Waals surface area contributed by atoms with Crippen LogP contribution in [-0.2, 0) is 23.8 Å². The molecule has 0 amide bonds. The second kappa shape index (κ2) is 43.5. The van der Waals surface area contributed by atoms with E-state index in [1.165, 1.54) is 128 Å². The summed E-state index contributed by atoms with van der Waals surface area (Å²) in [4.78, 5) is 25.0. The Morgan fingerprint density at radius 1 is 0.423 bits per heavy atom. The summed E-state index contributed by atoms with van der Waals surface area (Å²) in [5, 5.41) is 0. The SMILES string of the molecule is CCCCC/C=C\C/C=C\C/C=C\CCCCCCCCC(=O)OCC(COCCCCCCCCCCCCCC)OC(=O)CCCCCCC. The molecule has 0 aliphatic rings. The number of carbonyl (C=O) groups is 2. The normalized spacial score (nSPS) is 12.4. The molecular formula is C47H86O5. The van der Waals surface area contributed by atoms with Gasteiger partial charge in [-0.15, -0.1) is 0 Å². The first kappa shape index (κ1) is 50.1. The van der Waals surface area contributed by atoms with Gasteiger partial charge in [0.15, 0.2) is 6.10 Å². The molecule has 0 aromatic rings. The van der Waals surface area contributed by atoms with E-state index in [4.69, 9.17) is 14.2 Å². The average molecular weight is 731 g/mol. The van der Waals surface area contributed by atoms with Gasteiger partial charge in [-0.2, -0.15) is 0 Å². The summed E-state index contributed by atoms with van der Waals surface area (Å²) < 4.78 is 17.2. The summed E-state index contributed by atoms with van der Waals surface area (Å²) in [6.45, 7) is 7.73. The molecule has 0 aliphatic carbocycles. The molecule has 0 aromatic carbocycles. The van der Waals surface area contributed by atoms with E-state index in [-0.39, 0.29) is 25.2 Å². The molecule has 0 N–H and O–H groups in total. The smallest absolute Gasteiger partial charge is 0.306 e. The lowest BCUT2D eigenvalue weighted by Gasteiger charge is -2.18. The topological polar surface area (TPSA) is 61.8 Å². The van der Waals surface area contributed by atoms with E-state index in [1.54, 1.807) is 0 Å². The second-order valence-electron chi connectivity index (χ2n) is 15.0. The minimum atomic E-state index is -0.531. The highest BCUT2D eigenvalue weighted by atomic mass is 16.6. The van der Waals surface area contributed by atoms with Crippen LogP contribution in [0.4, 0.5) is 0 Å². The Morgan fingerprint density at radius 2 is 0.808 bits per heavy atom. The maximum absolute atomic E-state index is 12.5. The quantitative estimate of drug-likeness (QED) is 0.0356. The van der Waals surface area contributed by atoms with Gasteiger partial charge in [0.25, 0.3) is 0 Å². The van der Waals surface area contributed by atoms with Gasteiger partial charge in [0.05, 0.1) is 6.61 Å². The van der Waals surface area contributed by atoms with E-state index in [0.29, 0.717) is 19.4 Å². The Labute approximate surface area is 323 Å². The molecular weight excluding hydrogens is 645 g/mol. The summed E-state index contributed by atoms with van der Waals surface area (Å²) >= 11 is 0. The number of esters is 2. The molecule has 0 aromatic heterocycles. The van der Waals surface area contributed by atoms with E-state index in [1.807, 2.05) is 0 Å². The lowest BCUT2D eigenvalue weighted by Crippen LogP contribution is -2.30. The van der Waals surface area contributed by atoms with Crippen LogP contribution in [0.25, 0.3) is 0 Å². The number of hydrogen-bond acceptors (Lipinski definition) is 5. The summed E-state index contributed by atoms with van der Waals surface area (Å²) in [5.74, 6) is -0.418. The fourth-order valence-electron chi connectivity index (χ4n) is 6.28. The van der Waals surface area contributed by atoms with E-state index in [0.717, 1.165) is 64.2 Å². The number of rotatable bonds is 41. The van der Waals surface area contributed by atoms with Crippen LogP contribution in [-0.4, -0.2) is 37.9 Å². The molecule has 0 aliphatic heterocycles. The zero-order chi connectivity index (χ0) is 37.8. The van der Waals surface area contributed by atoms with Crippen molar-refractivity contribution < 1.29 is 23.8 Å². The third-order valence-electron chi connectivity index (χ3n) is 9.68. The average Bonchev–Trinajstić information content (AvgIpc) is 3.14. The first-order valence-electron chi connectivity index (χ1n) is 22.5. The number of carbonyl (C=O) groups excluding carboxylic acids is 2. The Bertz CT molecular complexity index is 832. The van der Waals surface area contributed by atoms with Crippen LogP contribution < -0.4 is 0 Å². The van der Waals surface area contributed by atoms with Crippen molar-refractivity contribution in [3.05, 3.63) is 36.5 Å². The van der Waals surface area contributed by atoms with Crippen LogP contribution in [0.1, 0.15) is 226 Å². The van der Waals surface area contributed by atoms with E-state index in [9.17, 15) is 9.59 Å². The summed E-state index contributed by atoms with van der Waals surface area (Å²) in [6.07, 6.45) is 50.2. The Balaban J connectivity index is 4.05. The molecule has 0 saturated carbocycles. The predicted octanol–water partition coefficient (Wildman–Crippen LogP) is 14.7. The lowest BCUT2D eigenvalue weighted by atomic mass is 10.1. The Hall–Kier alpha value is -1.88. The van der Waals surface area contributed by atoms with Crippen LogP contribution in [0.5, 0.6) is 0 Å². The van der Waals surface area contributed by atoms with Gasteiger partial charge < -0.3 is 14.2 Å². The highest BCUT2D eigenvalue weighted by Crippen LogP contribution is 2.14. The van der Waals surface area contributed by atoms with Crippen LogP contribution >= 0.6 is 0 Å². The van der Waals surface area contributed by atoms with Gasteiger partial charge in [-0.3, -0.25) is 9.59 Å². The van der Waals surface area contributed by atoms with Crippen molar-refractivity contribution in [2.45, 2.75) is 232 Å². The molecule has 0 bridgehead atoms. The highest BCUT2D eigenvalue weighted by Gasteiger charge is 2.17. The molecule has 0 rings (SSSR count). The van der Waals surface area contributed by atoms with E-state index in [2.05, 4.69) is 57.2 Å². The molecule has 1 atom stereocenters. The molecule has 304 valence electrons. The standard InChI is InChI=1S/C47H86O5/c1-4-7-10-13-15-17-19-21-22-23-24-25-26-27-28-30-32-35-37-40-46(48)51-44-45(52-47(49)41-38-34-12-9-6-3)43-50-42-39-36-33-31-29-20-18-16-14-11-8-5-2/h15,17,21-22,24-25,45H,4-14,16,18-20,23,26-44H2,1-3H3/b17-15-,22-21-,25-24-. The Morgan fingerprint density at radius 3 is 1.33 bits per heavy atom. The van der Waals surface area contributed by atoms with Crippen LogP contribution in [0, 0.1) is 0 Å². The van der Waals surface area contributed by atoms with Crippen molar-refractivity contribution in [3.63, 3.8) is 0 Å². The van der Waals surface area contributed by atoms with Crippen molar-refractivity contribution in [1.29, 1.82) is 0 Å². The number of ether oxygens (including phenoxy) is 3. The molecule has 0 saturated heterocycles. The third kappa shape index (κ3) is 40.9. The van der Waals surface area contributed by atoms with Gasteiger partial charge in [0.1, 0.15) is 6.61 Å². The van der Waals surface area contributed by atoms with Crippen molar-refractivity contribution in [2.24, 2.45) is 0 Å². The van der Waals surface area contributed by atoms with E-state index < -0.39 is 6.10 Å². The monoisotopic (exact) mass is 731 g/mol.